The van der Waals surface area contributed by atoms with Gasteiger partial charge in [-0.1, -0.05) is 15.9 Å². The molecule has 1 fully saturated rings. The van der Waals surface area contributed by atoms with Gasteiger partial charge in [-0.3, -0.25) is 4.90 Å². The minimum Gasteiger partial charge on any atom is -0.493 e. The first kappa shape index (κ1) is 13.4. The van der Waals surface area contributed by atoms with E-state index in [-0.39, 0.29) is 0 Å². The molecule has 2 aliphatic rings. The highest BCUT2D eigenvalue weighted by Crippen LogP contribution is 2.34. The van der Waals surface area contributed by atoms with E-state index in [2.05, 4.69) is 33.0 Å². The largest absolute Gasteiger partial charge is 0.493 e. The Hall–Kier alpha value is -0.620. The van der Waals surface area contributed by atoms with Gasteiger partial charge in [-0.05, 0) is 17.7 Å². The van der Waals surface area contributed by atoms with Gasteiger partial charge in [-0.2, -0.15) is 0 Å². The summed E-state index contributed by atoms with van der Waals surface area (Å²) < 4.78 is 12.4. The van der Waals surface area contributed by atoms with E-state index >= 15 is 0 Å². The van der Waals surface area contributed by atoms with Crippen LogP contribution in [0, 0.1) is 0 Å². The molecule has 0 bridgehead atoms. The van der Waals surface area contributed by atoms with Crippen LogP contribution in [0.5, 0.6) is 5.75 Å². The zero-order valence-electron chi connectivity index (χ0n) is 10.9. The highest BCUT2D eigenvalue weighted by atomic mass is 79.9. The van der Waals surface area contributed by atoms with Crippen LogP contribution < -0.4 is 10.5 Å². The fourth-order valence-electron chi connectivity index (χ4n) is 2.80. The summed E-state index contributed by atoms with van der Waals surface area (Å²) in [7, 11) is 0. The van der Waals surface area contributed by atoms with E-state index in [1.807, 2.05) is 0 Å². The first-order valence-electron chi connectivity index (χ1n) is 6.74. The number of morpholine rings is 1. The molecule has 4 nitrogen and oxygen atoms in total. The van der Waals surface area contributed by atoms with Crippen molar-refractivity contribution < 1.29 is 9.47 Å². The van der Waals surface area contributed by atoms with Gasteiger partial charge >= 0.3 is 0 Å². The van der Waals surface area contributed by atoms with E-state index in [9.17, 15) is 0 Å². The second kappa shape index (κ2) is 5.79. The number of halogens is 1. The van der Waals surface area contributed by atoms with Gasteiger partial charge in [0.15, 0.2) is 0 Å². The van der Waals surface area contributed by atoms with Crippen LogP contribution in [0.4, 0.5) is 0 Å². The summed E-state index contributed by atoms with van der Waals surface area (Å²) in [5.74, 6) is 1.07. The predicted molar refractivity (Wildman–Crippen MR) is 77.4 cm³/mol. The molecule has 19 heavy (non-hydrogen) atoms. The van der Waals surface area contributed by atoms with Crippen molar-refractivity contribution in [1.29, 1.82) is 0 Å². The van der Waals surface area contributed by atoms with Gasteiger partial charge in [0, 0.05) is 42.1 Å². The Morgan fingerprint density at radius 2 is 2.26 bits per heavy atom. The van der Waals surface area contributed by atoms with Crippen molar-refractivity contribution in [2.24, 2.45) is 5.73 Å². The third-order valence-corrected chi connectivity index (χ3v) is 4.28. The molecule has 1 aromatic rings. The Kier molecular flexibility index (Phi) is 4.07. The summed E-state index contributed by atoms with van der Waals surface area (Å²) in [6.07, 6.45) is 1.01. The molecule has 1 aromatic carbocycles. The summed E-state index contributed by atoms with van der Waals surface area (Å²) in [4.78, 5) is 2.40. The van der Waals surface area contributed by atoms with E-state index in [0.29, 0.717) is 12.6 Å². The molecule has 104 valence electrons. The van der Waals surface area contributed by atoms with Crippen molar-refractivity contribution in [3.8, 4) is 5.75 Å². The Labute approximate surface area is 122 Å². The molecule has 0 amide bonds. The number of rotatable bonds is 3. The molecule has 3 rings (SSSR count). The number of hydrogen-bond donors (Lipinski definition) is 1. The van der Waals surface area contributed by atoms with Crippen molar-refractivity contribution in [3.05, 3.63) is 27.7 Å². The second-order valence-corrected chi connectivity index (χ2v) is 6.00. The lowest BCUT2D eigenvalue weighted by atomic mass is 10.1. The quantitative estimate of drug-likeness (QED) is 0.915. The van der Waals surface area contributed by atoms with Crippen molar-refractivity contribution in [1.82, 2.24) is 4.90 Å². The zero-order valence-corrected chi connectivity index (χ0v) is 12.5. The molecule has 0 saturated carbocycles. The maximum Gasteiger partial charge on any atom is 0.127 e. The zero-order chi connectivity index (χ0) is 13.2. The van der Waals surface area contributed by atoms with Crippen LogP contribution in [0.1, 0.15) is 11.1 Å². The molecule has 5 heteroatoms. The molecule has 0 aliphatic carbocycles. The monoisotopic (exact) mass is 326 g/mol. The van der Waals surface area contributed by atoms with Crippen LogP contribution in [0.25, 0.3) is 0 Å². The minimum atomic E-state index is 0.310. The summed E-state index contributed by atoms with van der Waals surface area (Å²) >= 11 is 3.59. The van der Waals surface area contributed by atoms with E-state index in [1.165, 1.54) is 11.1 Å². The molecular formula is C14H19BrN2O2. The fourth-order valence-corrected chi connectivity index (χ4v) is 3.35. The number of fused-ring (bicyclic) bond motifs is 1. The summed E-state index contributed by atoms with van der Waals surface area (Å²) in [5.41, 5.74) is 8.39. The highest BCUT2D eigenvalue weighted by Gasteiger charge is 2.25. The average molecular weight is 327 g/mol. The molecule has 1 atom stereocenters. The fraction of sp³-hybridized carbons (Fsp3) is 0.571. The molecule has 1 saturated heterocycles. The maximum absolute atomic E-state index is 5.83. The van der Waals surface area contributed by atoms with Crippen LogP contribution in [0.3, 0.4) is 0 Å². The summed E-state index contributed by atoms with van der Waals surface area (Å²) in [6.45, 7) is 4.76. The molecule has 0 spiro atoms. The first-order chi connectivity index (χ1) is 9.28. The SMILES string of the molecule is NCC1COCCN1Cc1cc(Br)cc2c1OCC2. The predicted octanol–water partition coefficient (Wildman–Crippen LogP) is 1.54. The molecule has 2 N–H and O–H groups in total. The van der Waals surface area contributed by atoms with Crippen LogP contribution in [-0.4, -0.2) is 43.9 Å². The number of hydrogen-bond acceptors (Lipinski definition) is 4. The molecule has 2 heterocycles. The van der Waals surface area contributed by atoms with Gasteiger partial charge < -0.3 is 15.2 Å². The third-order valence-electron chi connectivity index (χ3n) is 3.82. The minimum absolute atomic E-state index is 0.310. The van der Waals surface area contributed by atoms with E-state index in [0.717, 1.165) is 49.6 Å². The first-order valence-corrected chi connectivity index (χ1v) is 7.53. The van der Waals surface area contributed by atoms with Crippen molar-refractivity contribution >= 4 is 15.9 Å². The topological polar surface area (TPSA) is 47.7 Å². The lowest BCUT2D eigenvalue weighted by Gasteiger charge is -2.35. The standard InChI is InChI=1S/C14H19BrN2O2/c15-12-5-10-1-3-19-14(10)11(6-12)8-17-2-4-18-9-13(17)7-16/h5-6,13H,1-4,7-9,16H2. The molecule has 1 unspecified atom stereocenters. The maximum atomic E-state index is 5.83. The summed E-state index contributed by atoms with van der Waals surface area (Å²) in [6, 6.07) is 4.63. The number of benzene rings is 1. The van der Waals surface area contributed by atoms with Gasteiger partial charge in [-0.15, -0.1) is 0 Å². The average Bonchev–Trinajstić information content (AvgIpc) is 2.87. The van der Waals surface area contributed by atoms with Crippen molar-refractivity contribution in [3.63, 3.8) is 0 Å². The Balaban J connectivity index is 1.82. The van der Waals surface area contributed by atoms with E-state index < -0.39 is 0 Å². The molecular weight excluding hydrogens is 308 g/mol. The highest BCUT2D eigenvalue weighted by molar-refractivity contribution is 9.10. The van der Waals surface area contributed by atoms with Gasteiger partial charge in [0.25, 0.3) is 0 Å². The molecule has 0 aromatic heterocycles. The lowest BCUT2D eigenvalue weighted by molar-refractivity contribution is -0.00820. The lowest BCUT2D eigenvalue weighted by Crippen LogP contribution is -2.48. The normalized spacial score (nSPS) is 23.2. The van der Waals surface area contributed by atoms with Crippen LogP contribution in [0.15, 0.2) is 16.6 Å². The molecule has 2 aliphatic heterocycles. The van der Waals surface area contributed by atoms with Gasteiger partial charge in [0.1, 0.15) is 5.75 Å². The van der Waals surface area contributed by atoms with E-state index in [4.69, 9.17) is 15.2 Å². The van der Waals surface area contributed by atoms with E-state index in [1.54, 1.807) is 0 Å². The Morgan fingerprint density at radius 1 is 1.37 bits per heavy atom. The van der Waals surface area contributed by atoms with Crippen LogP contribution >= 0.6 is 15.9 Å². The summed E-state index contributed by atoms with van der Waals surface area (Å²) in [5, 5.41) is 0. The van der Waals surface area contributed by atoms with Crippen molar-refractivity contribution in [2.75, 3.05) is 32.9 Å². The van der Waals surface area contributed by atoms with Crippen LogP contribution in [-0.2, 0) is 17.7 Å². The third kappa shape index (κ3) is 2.79. The van der Waals surface area contributed by atoms with Gasteiger partial charge in [0.2, 0.25) is 0 Å². The van der Waals surface area contributed by atoms with Crippen LogP contribution in [0.2, 0.25) is 0 Å². The second-order valence-electron chi connectivity index (χ2n) is 5.09. The molecule has 0 radical (unpaired) electrons. The number of nitrogens with two attached hydrogens (primary N) is 1. The Bertz CT molecular complexity index is 467. The van der Waals surface area contributed by atoms with Crippen molar-refractivity contribution in [2.45, 2.75) is 19.0 Å². The Morgan fingerprint density at radius 3 is 3.11 bits per heavy atom. The van der Waals surface area contributed by atoms with Gasteiger partial charge in [0.05, 0.1) is 19.8 Å². The van der Waals surface area contributed by atoms with Gasteiger partial charge in [-0.25, -0.2) is 0 Å². The number of ether oxygens (including phenoxy) is 2. The number of nitrogens with zero attached hydrogens (tertiary/aromatic N) is 1. The smallest absolute Gasteiger partial charge is 0.127 e.